The fraction of sp³-hybridized carbons (Fsp3) is 0.111. The van der Waals surface area contributed by atoms with E-state index >= 15 is 0 Å². The van der Waals surface area contributed by atoms with E-state index in [0.717, 1.165) is 0 Å². The van der Waals surface area contributed by atoms with Crippen molar-refractivity contribution >= 4 is 49.4 Å². The lowest BCUT2D eigenvalue weighted by atomic mass is 9.72. The summed E-state index contributed by atoms with van der Waals surface area (Å²) in [4.78, 5) is 2.52. The fourth-order valence-electron chi connectivity index (χ4n) is 9.92. The zero-order chi connectivity index (χ0) is 37.1. The van der Waals surface area contributed by atoms with Crippen molar-refractivity contribution in [2.75, 3.05) is 4.90 Å². The van der Waals surface area contributed by atoms with Crippen LogP contribution in [-0.2, 0) is 10.8 Å². The van der Waals surface area contributed by atoms with Gasteiger partial charge in [0.25, 0.3) is 0 Å². The van der Waals surface area contributed by atoms with E-state index in [1.54, 1.807) is 0 Å². The molecule has 9 aromatic carbocycles. The number of nitrogens with zero attached hydrogens (tertiary/aromatic N) is 1. The van der Waals surface area contributed by atoms with Crippen molar-refractivity contribution in [2.24, 2.45) is 0 Å². The Kier molecular flexibility index (Phi) is 6.72. The van der Waals surface area contributed by atoms with Crippen molar-refractivity contribution in [1.29, 1.82) is 0 Å². The number of hydrogen-bond acceptors (Lipinski definition) is 1. The van der Waals surface area contributed by atoms with E-state index in [2.05, 4.69) is 209 Å². The van der Waals surface area contributed by atoms with E-state index in [9.17, 15) is 0 Å². The van der Waals surface area contributed by atoms with Crippen LogP contribution >= 0.6 is 0 Å². The van der Waals surface area contributed by atoms with Crippen LogP contribution in [0.25, 0.3) is 65.7 Å². The van der Waals surface area contributed by atoms with Crippen molar-refractivity contribution in [3.05, 3.63) is 198 Å². The van der Waals surface area contributed by atoms with Crippen LogP contribution in [0.15, 0.2) is 176 Å². The van der Waals surface area contributed by atoms with E-state index in [1.807, 2.05) is 0 Å². The predicted octanol–water partition coefficient (Wildman–Crippen LogP) is 14.9. The highest BCUT2D eigenvalue weighted by atomic mass is 15.2. The minimum absolute atomic E-state index is 0.0880. The van der Waals surface area contributed by atoms with Gasteiger partial charge in [0.2, 0.25) is 0 Å². The number of anilines is 3. The molecule has 11 rings (SSSR count). The van der Waals surface area contributed by atoms with Crippen LogP contribution in [0.3, 0.4) is 0 Å². The Morgan fingerprint density at radius 3 is 1.44 bits per heavy atom. The number of rotatable bonds is 3. The molecular weight excluding hydrogens is 663 g/mol. The summed E-state index contributed by atoms with van der Waals surface area (Å²) in [5.41, 5.74) is 16.4. The van der Waals surface area contributed by atoms with Crippen LogP contribution in [0, 0.1) is 0 Å². The molecule has 0 N–H and O–H groups in total. The van der Waals surface area contributed by atoms with Gasteiger partial charge in [0.05, 0.1) is 11.4 Å². The van der Waals surface area contributed by atoms with Crippen molar-refractivity contribution < 1.29 is 0 Å². The molecule has 2 aliphatic rings. The number of benzene rings is 9. The monoisotopic (exact) mass is 703 g/mol. The van der Waals surface area contributed by atoms with Crippen LogP contribution in [0.5, 0.6) is 0 Å². The molecule has 0 unspecified atom stereocenters. The average molecular weight is 704 g/mol. The first-order chi connectivity index (χ1) is 26.8. The van der Waals surface area contributed by atoms with Gasteiger partial charge in [-0.3, -0.25) is 0 Å². The van der Waals surface area contributed by atoms with Gasteiger partial charge < -0.3 is 4.90 Å². The molecule has 0 saturated carbocycles. The summed E-state index contributed by atoms with van der Waals surface area (Å²) >= 11 is 0. The molecule has 0 radical (unpaired) electrons. The highest BCUT2D eigenvalue weighted by Crippen LogP contribution is 2.56. The lowest BCUT2D eigenvalue weighted by molar-refractivity contribution is 0.632. The van der Waals surface area contributed by atoms with Crippen LogP contribution in [0.4, 0.5) is 17.1 Å². The van der Waals surface area contributed by atoms with Crippen LogP contribution < -0.4 is 4.90 Å². The summed E-state index contributed by atoms with van der Waals surface area (Å²) in [6, 6.07) is 65.9. The number of fused-ring (bicyclic) bond motifs is 11. The van der Waals surface area contributed by atoms with Crippen molar-refractivity contribution in [2.45, 2.75) is 38.5 Å². The highest BCUT2D eigenvalue weighted by molar-refractivity contribution is 6.25. The molecule has 1 aliphatic carbocycles. The van der Waals surface area contributed by atoms with Crippen LogP contribution in [0.1, 0.15) is 49.9 Å². The van der Waals surface area contributed by atoms with Gasteiger partial charge in [-0.25, -0.2) is 0 Å². The Morgan fingerprint density at radius 2 is 0.782 bits per heavy atom. The van der Waals surface area contributed by atoms with Gasteiger partial charge in [-0.2, -0.15) is 0 Å². The normalized spacial score (nSPS) is 14.8. The van der Waals surface area contributed by atoms with E-state index in [0.29, 0.717) is 0 Å². The predicted molar refractivity (Wildman–Crippen MR) is 234 cm³/mol. The minimum Gasteiger partial charge on any atom is -0.310 e. The Hall–Kier alpha value is -6.44. The second kappa shape index (κ2) is 11.5. The molecule has 1 heterocycles. The Balaban J connectivity index is 1.12. The molecule has 0 atom stereocenters. The molecule has 55 heavy (non-hydrogen) atoms. The third-order valence-corrected chi connectivity index (χ3v) is 12.8. The Bertz CT molecular complexity index is 3000. The lowest BCUT2D eigenvalue weighted by Crippen LogP contribution is -2.31. The van der Waals surface area contributed by atoms with Gasteiger partial charge in [0, 0.05) is 16.5 Å². The third-order valence-electron chi connectivity index (χ3n) is 12.8. The first-order valence-electron chi connectivity index (χ1n) is 19.5. The first-order valence-corrected chi connectivity index (χ1v) is 19.5. The maximum Gasteiger partial charge on any atom is 0.0503 e. The molecule has 9 aromatic rings. The molecule has 0 bridgehead atoms. The van der Waals surface area contributed by atoms with Crippen molar-refractivity contribution in [3.8, 4) is 33.4 Å². The zero-order valence-corrected chi connectivity index (χ0v) is 31.7. The molecule has 1 aliphatic heterocycles. The van der Waals surface area contributed by atoms with Crippen molar-refractivity contribution in [1.82, 2.24) is 0 Å². The Labute approximate surface area is 323 Å². The van der Waals surface area contributed by atoms with Gasteiger partial charge in [-0.15, -0.1) is 0 Å². The summed E-state index contributed by atoms with van der Waals surface area (Å²) < 4.78 is 0. The molecule has 0 aromatic heterocycles. The average Bonchev–Trinajstić information content (AvgIpc) is 3.46. The smallest absolute Gasteiger partial charge is 0.0503 e. The van der Waals surface area contributed by atoms with E-state index < -0.39 is 0 Å². The molecular formula is C54H41N. The molecule has 0 spiro atoms. The summed E-state index contributed by atoms with van der Waals surface area (Å²) in [5, 5.41) is 7.80. The topological polar surface area (TPSA) is 3.24 Å². The van der Waals surface area contributed by atoms with Crippen molar-refractivity contribution in [3.63, 3.8) is 0 Å². The minimum atomic E-state index is -0.256. The largest absolute Gasteiger partial charge is 0.310 e. The van der Waals surface area contributed by atoms with E-state index in [1.165, 1.54) is 105 Å². The maximum absolute atomic E-state index is 2.52. The standard InChI is InChI=1S/C54H41N/c1-53(2)47-21-13-12-20-44(47)45-27-25-38(33-48(45)53)55-51-28-23-36(34-14-6-5-7-15-34)31-49(51)54(3,4)50-32-37(24-29-52(50)55)35-22-26-43-41-18-9-8-16-39(41)40-17-10-11-19-42(40)46(43)30-35/h5-33H,1-4H3. The summed E-state index contributed by atoms with van der Waals surface area (Å²) in [6.07, 6.45) is 0. The van der Waals surface area contributed by atoms with E-state index in [-0.39, 0.29) is 10.8 Å². The molecule has 1 heteroatoms. The number of hydrogen-bond donors (Lipinski definition) is 0. The summed E-state index contributed by atoms with van der Waals surface area (Å²) in [6.45, 7) is 9.55. The maximum atomic E-state index is 2.52. The second-order valence-electron chi connectivity index (χ2n) is 16.5. The van der Waals surface area contributed by atoms with Crippen LogP contribution in [-0.4, -0.2) is 0 Å². The second-order valence-corrected chi connectivity index (χ2v) is 16.5. The highest BCUT2D eigenvalue weighted by Gasteiger charge is 2.40. The Morgan fingerprint density at radius 1 is 0.309 bits per heavy atom. The summed E-state index contributed by atoms with van der Waals surface area (Å²) in [7, 11) is 0. The third kappa shape index (κ3) is 4.60. The van der Waals surface area contributed by atoms with Gasteiger partial charge in [-0.1, -0.05) is 161 Å². The van der Waals surface area contributed by atoms with Crippen LogP contribution in [0.2, 0.25) is 0 Å². The fourth-order valence-corrected chi connectivity index (χ4v) is 9.92. The first kappa shape index (κ1) is 32.0. The van der Waals surface area contributed by atoms with Gasteiger partial charge in [-0.05, 0) is 130 Å². The zero-order valence-electron chi connectivity index (χ0n) is 31.7. The molecule has 0 saturated heterocycles. The van der Waals surface area contributed by atoms with Gasteiger partial charge in [0.1, 0.15) is 0 Å². The van der Waals surface area contributed by atoms with E-state index in [4.69, 9.17) is 0 Å². The molecule has 262 valence electrons. The summed E-state index contributed by atoms with van der Waals surface area (Å²) in [5.74, 6) is 0. The quantitative estimate of drug-likeness (QED) is 0.166. The molecule has 0 fully saturated rings. The van der Waals surface area contributed by atoms with Gasteiger partial charge in [0.15, 0.2) is 0 Å². The SMILES string of the molecule is CC1(C)c2ccccc2-c2ccc(N3c4ccc(-c5ccccc5)cc4C(C)(C)c4cc(-c5ccc6c7ccccc7c7ccccc7c6c5)ccc43)cc21. The molecule has 1 nitrogen and oxygen atoms in total. The van der Waals surface area contributed by atoms with Gasteiger partial charge >= 0.3 is 0 Å². The lowest BCUT2D eigenvalue weighted by Gasteiger charge is -2.43. The molecule has 0 amide bonds.